The van der Waals surface area contributed by atoms with Crippen LogP contribution < -0.4 is 5.32 Å². The van der Waals surface area contributed by atoms with Crippen LogP contribution in [0.4, 0.5) is 0 Å². The predicted octanol–water partition coefficient (Wildman–Crippen LogP) is 2.67. The van der Waals surface area contributed by atoms with Gasteiger partial charge in [0, 0.05) is 44.8 Å². The summed E-state index contributed by atoms with van der Waals surface area (Å²) in [7, 11) is 1.84. The molecule has 1 N–H and O–H groups in total. The number of benzene rings is 1. The number of nitrogens with zero attached hydrogens (tertiary/aromatic N) is 4. The Kier molecular flexibility index (Phi) is 5.25. The van der Waals surface area contributed by atoms with E-state index in [-0.39, 0.29) is 0 Å². The fourth-order valence-corrected chi connectivity index (χ4v) is 3.74. The molecule has 4 rings (SSSR count). The van der Waals surface area contributed by atoms with Crippen molar-refractivity contribution in [3.05, 3.63) is 53.9 Å². The Hall–Kier alpha value is -2.60. The molecular weight excluding hydrogens is 338 g/mol. The number of likely N-dealkylation sites (tertiary alicyclic amines) is 1. The minimum absolute atomic E-state index is 0.606. The van der Waals surface area contributed by atoms with Gasteiger partial charge in [-0.2, -0.15) is 0 Å². The number of aliphatic imine (C=N–C) groups is 1. The van der Waals surface area contributed by atoms with Gasteiger partial charge in [0.25, 0.3) is 0 Å². The summed E-state index contributed by atoms with van der Waals surface area (Å²) < 4.78 is 5.65. The quantitative estimate of drug-likeness (QED) is 0.513. The van der Waals surface area contributed by atoms with Gasteiger partial charge < -0.3 is 14.6 Å². The van der Waals surface area contributed by atoms with Gasteiger partial charge in [0.05, 0.1) is 12.2 Å². The second-order valence-electron chi connectivity index (χ2n) is 7.22. The van der Waals surface area contributed by atoms with Gasteiger partial charge in [-0.15, -0.1) is 0 Å². The zero-order chi connectivity index (χ0) is 18.6. The Balaban J connectivity index is 1.33. The third-order valence-electron chi connectivity index (χ3n) is 5.32. The molecule has 2 aliphatic rings. The fourth-order valence-electron chi connectivity index (χ4n) is 3.74. The van der Waals surface area contributed by atoms with E-state index in [2.05, 4.69) is 56.3 Å². The monoisotopic (exact) mass is 365 g/mol. The summed E-state index contributed by atoms with van der Waals surface area (Å²) in [5, 5.41) is 3.43. The molecule has 0 aliphatic carbocycles. The standard InChI is InChI=1S/C21H27N5O/c1-16-5-7-17(8-6-16)20-24-18(15-27-20)13-23-21(22-2)26-12-9-19(14-26)25-10-3-4-11-25/h3-8,15,19H,9-14H2,1-2H3,(H,22,23). The summed E-state index contributed by atoms with van der Waals surface area (Å²) in [6, 6.07) is 8.82. The molecule has 0 radical (unpaired) electrons. The van der Waals surface area contributed by atoms with Gasteiger partial charge in [0.15, 0.2) is 5.96 Å². The topological polar surface area (TPSA) is 56.9 Å². The van der Waals surface area contributed by atoms with Crippen LogP contribution >= 0.6 is 0 Å². The van der Waals surface area contributed by atoms with Crippen molar-refractivity contribution in [3.8, 4) is 11.5 Å². The lowest BCUT2D eigenvalue weighted by molar-refractivity contribution is 0.259. The summed E-state index contributed by atoms with van der Waals surface area (Å²) in [5.74, 6) is 1.59. The molecule has 0 saturated carbocycles. The molecule has 0 amide bonds. The number of oxazole rings is 1. The van der Waals surface area contributed by atoms with Gasteiger partial charge >= 0.3 is 0 Å². The summed E-state index contributed by atoms with van der Waals surface area (Å²) in [5.41, 5.74) is 3.11. The van der Waals surface area contributed by atoms with Gasteiger partial charge in [-0.25, -0.2) is 4.98 Å². The van der Waals surface area contributed by atoms with E-state index < -0.39 is 0 Å². The van der Waals surface area contributed by atoms with Gasteiger partial charge in [-0.1, -0.05) is 29.8 Å². The molecule has 142 valence electrons. The van der Waals surface area contributed by atoms with Crippen LogP contribution in [0, 0.1) is 6.92 Å². The van der Waals surface area contributed by atoms with Crippen molar-refractivity contribution in [1.29, 1.82) is 0 Å². The van der Waals surface area contributed by atoms with Crippen LogP contribution in [0.1, 0.15) is 17.7 Å². The summed E-state index contributed by atoms with van der Waals surface area (Å²) in [4.78, 5) is 13.9. The number of aryl methyl sites for hydroxylation is 1. The highest BCUT2D eigenvalue weighted by Crippen LogP contribution is 2.20. The molecule has 27 heavy (non-hydrogen) atoms. The normalized spacial score (nSPS) is 20.6. The molecule has 1 atom stereocenters. The number of rotatable bonds is 4. The van der Waals surface area contributed by atoms with Crippen LogP contribution in [-0.2, 0) is 6.54 Å². The molecule has 2 aromatic rings. The average Bonchev–Trinajstić information content (AvgIpc) is 3.44. The molecule has 2 aliphatic heterocycles. The van der Waals surface area contributed by atoms with E-state index >= 15 is 0 Å². The molecule has 1 saturated heterocycles. The Labute approximate surface area is 160 Å². The average molecular weight is 365 g/mol. The minimum Gasteiger partial charge on any atom is -0.444 e. The molecule has 3 heterocycles. The lowest BCUT2D eigenvalue weighted by atomic mass is 10.1. The molecule has 0 bridgehead atoms. The molecular formula is C21H27N5O. The van der Waals surface area contributed by atoms with Crippen LogP contribution in [0.3, 0.4) is 0 Å². The first-order valence-electron chi connectivity index (χ1n) is 9.59. The van der Waals surface area contributed by atoms with Gasteiger partial charge in [0.2, 0.25) is 5.89 Å². The van der Waals surface area contributed by atoms with Crippen molar-refractivity contribution >= 4 is 5.96 Å². The Morgan fingerprint density at radius 2 is 2.04 bits per heavy atom. The van der Waals surface area contributed by atoms with Crippen LogP contribution in [0.5, 0.6) is 0 Å². The first-order chi connectivity index (χ1) is 13.2. The highest BCUT2D eigenvalue weighted by atomic mass is 16.3. The second kappa shape index (κ2) is 7.96. The van der Waals surface area contributed by atoms with E-state index in [1.807, 2.05) is 19.2 Å². The largest absolute Gasteiger partial charge is 0.444 e. The highest BCUT2D eigenvalue weighted by Gasteiger charge is 2.29. The summed E-state index contributed by atoms with van der Waals surface area (Å²) in [6.45, 7) is 6.89. The maximum absolute atomic E-state index is 5.65. The van der Waals surface area contributed by atoms with Crippen molar-refractivity contribution in [2.24, 2.45) is 4.99 Å². The van der Waals surface area contributed by atoms with E-state index in [0.29, 0.717) is 18.5 Å². The van der Waals surface area contributed by atoms with E-state index in [0.717, 1.165) is 43.4 Å². The van der Waals surface area contributed by atoms with Crippen molar-refractivity contribution in [3.63, 3.8) is 0 Å². The number of nitrogens with one attached hydrogen (secondary N) is 1. The van der Waals surface area contributed by atoms with E-state index in [1.165, 1.54) is 12.0 Å². The summed E-state index contributed by atoms with van der Waals surface area (Å²) in [6.07, 6.45) is 7.42. The first-order valence-corrected chi connectivity index (χ1v) is 9.59. The summed E-state index contributed by atoms with van der Waals surface area (Å²) >= 11 is 0. The molecule has 1 aromatic carbocycles. The maximum atomic E-state index is 5.65. The smallest absolute Gasteiger partial charge is 0.226 e. The third-order valence-corrected chi connectivity index (χ3v) is 5.32. The van der Waals surface area contributed by atoms with Crippen LogP contribution in [0.15, 0.2) is 52.1 Å². The van der Waals surface area contributed by atoms with Gasteiger partial charge in [0.1, 0.15) is 6.26 Å². The van der Waals surface area contributed by atoms with Crippen LogP contribution in [0.2, 0.25) is 0 Å². The molecule has 6 heteroatoms. The van der Waals surface area contributed by atoms with Gasteiger partial charge in [-0.3, -0.25) is 9.89 Å². The predicted molar refractivity (Wildman–Crippen MR) is 108 cm³/mol. The number of hydrogen-bond acceptors (Lipinski definition) is 4. The maximum Gasteiger partial charge on any atom is 0.226 e. The fraction of sp³-hybridized carbons (Fsp3) is 0.429. The van der Waals surface area contributed by atoms with Crippen molar-refractivity contribution in [1.82, 2.24) is 20.1 Å². The van der Waals surface area contributed by atoms with Crippen molar-refractivity contribution in [2.45, 2.75) is 25.9 Å². The lowest BCUT2D eigenvalue weighted by Gasteiger charge is -2.25. The third kappa shape index (κ3) is 4.06. The van der Waals surface area contributed by atoms with E-state index in [9.17, 15) is 0 Å². The molecule has 1 unspecified atom stereocenters. The molecule has 6 nitrogen and oxygen atoms in total. The molecule has 1 fully saturated rings. The van der Waals surface area contributed by atoms with Crippen molar-refractivity contribution < 1.29 is 4.42 Å². The number of aromatic nitrogens is 1. The minimum atomic E-state index is 0.606. The van der Waals surface area contributed by atoms with E-state index in [4.69, 9.17) is 4.42 Å². The second-order valence-corrected chi connectivity index (χ2v) is 7.22. The van der Waals surface area contributed by atoms with Gasteiger partial charge in [-0.05, 0) is 25.5 Å². The molecule has 0 spiro atoms. The SMILES string of the molecule is CN=C(NCc1coc(-c2ccc(C)cc2)n1)N1CCC(N2CC=CC2)C1. The molecule has 1 aromatic heterocycles. The van der Waals surface area contributed by atoms with E-state index in [1.54, 1.807) is 6.26 Å². The number of hydrogen-bond donors (Lipinski definition) is 1. The first kappa shape index (κ1) is 17.8. The van der Waals surface area contributed by atoms with Crippen LogP contribution in [-0.4, -0.2) is 60.0 Å². The highest BCUT2D eigenvalue weighted by molar-refractivity contribution is 5.80. The van der Waals surface area contributed by atoms with Crippen molar-refractivity contribution in [2.75, 3.05) is 33.2 Å². The Morgan fingerprint density at radius 3 is 2.78 bits per heavy atom. The lowest BCUT2D eigenvalue weighted by Crippen LogP contribution is -2.42. The number of guanidine groups is 1. The Bertz CT molecular complexity index is 815. The zero-order valence-electron chi connectivity index (χ0n) is 16.1. The Morgan fingerprint density at radius 1 is 1.26 bits per heavy atom. The van der Waals surface area contributed by atoms with Crippen LogP contribution in [0.25, 0.3) is 11.5 Å². The zero-order valence-corrected chi connectivity index (χ0v) is 16.1.